The van der Waals surface area contributed by atoms with Crippen molar-refractivity contribution in [2.45, 2.75) is 0 Å². The average Bonchev–Trinajstić information content (AvgIpc) is 2.41. The van der Waals surface area contributed by atoms with E-state index in [2.05, 4.69) is 11.2 Å². The zero-order valence-electron chi connectivity index (χ0n) is 10.4. The van der Waals surface area contributed by atoms with Gasteiger partial charge < -0.3 is 15.2 Å². The second-order valence-electron chi connectivity index (χ2n) is 3.62. The number of carbonyl (C=O) groups is 2. The molecule has 5 nitrogen and oxygen atoms in total. The Morgan fingerprint density at radius 2 is 2.25 bits per heavy atom. The molecule has 1 amide bonds. The predicted molar refractivity (Wildman–Crippen MR) is 75.5 cm³/mol. The Morgan fingerprint density at radius 3 is 2.90 bits per heavy atom. The quantitative estimate of drug-likeness (QED) is 0.616. The molecule has 2 N–H and O–H groups in total. The number of amides is 1. The van der Waals surface area contributed by atoms with Gasteiger partial charge in [0, 0.05) is 16.7 Å². The van der Waals surface area contributed by atoms with E-state index >= 15 is 0 Å². The highest BCUT2D eigenvalue weighted by atomic mass is 35.5. The van der Waals surface area contributed by atoms with Gasteiger partial charge in [-0.05, 0) is 24.3 Å². The van der Waals surface area contributed by atoms with Crippen LogP contribution in [0.5, 0.6) is 5.75 Å². The molecule has 104 valence electrons. The van der Waals surface area contributed by atoms with E-state index in [4.69, 9.17) is 27.9 Å². The summed E-state index contributed by atoms with van der Waals surface area (Å²) >= 11 is 5.83. The minimum Gasteiger partial charge on any atom is -0.483 e. The Kier molecular flexibility index (Phi) is 6.14. The van der Waals surface area contributed by atoms with E-state index in [1.54, 1.807) is 12.1 Å². The minimum absolute atomic E-state index is 0.120. The number of hydrogen-bond donors (Lipinski definition) is 2. The average molecular weight is 294 g/mol. The third kappa shape index (κ3) is 5.46. The maximum Gasteiger partial charge on any atom is 0.328 e. The molecule has 0 aromatic heterocycles. The molecule has 1 aromatic rings. The summed E-state index contributed by atoms with van der Waals surface area (Å²) in [7, 11) is 0. The number of aliphatic carboxylic acids is 1. The summed E-state index contributed by atoms with van der Waals surface area (Å²) in [5, 5.41) is 11.5. The van der Waals surface area contributed by atoms with Crippen LogP contribution >= 0.6 is 11.6 Å². The number of carboxylic acids is 1. The van der Waals surface area contributed by atoms with Gasteiger partial charge in [-0.2, -0.15) is 0 Å². The highest BCUT2D eigenvalue weighted by Crippen LogP contribution is 2.24. The third-order valence-corrected chi connectivity index (χ3v) is 2.36. The van der Waals surface area contributed by atoms with Gasteiger partial charge in [-0.15, -0.1) is 6.42 Å². The van der Waals surface area contributed by atoms with E-state index in [1.165, 1.54) is 12.1 Å². The fourth-order valence-electron chi connectivity index (χ4n) is 1.29. The SMILES string of the molecule is C#CCNC(=O)COc1ccc(Cl)cc1/C=C/C(=O)O. The van der Waals surface area contributed by atoms with Gasteiger partial charge in [0.2, 0.25) is 0 Å². The van der Waals surface area contributed by atoms with Gasteiger partial charge in [-0.25, -0.2) is 4.79 Å². The predicted octanol–water partition coefficient (Wildman–Crippen LogP) is 1.57. The van der Waals surface area contributed by atoms with Crippen LogP contribution in [0.2, 0.25) is 5.02 Å². The van der Waals surface area contributed by atoms with Crippen molar-refractivity contribution < 1.29 is 19.4 Å². The smallest absolute Gasteiger partial charge is 0.328 e. The summed E-state index contributed by atoms with van der Waals surface area (Å²) in [4.78, 5) is 21.9. The number of nitrogens with one attached hydrogen (secondary N) is 1. The Hall–Kier alpha value is -2.45. The molecule has 0 unspecified atom stereocenters. The van der Waals surface area contributed by atoms with Crippen LogP contribution in [0.15, 0.2) is 24.3 Å². The first-order chi connectivity index (χ1) is 9.52. The molecule has 0 spiro atoms. The van der Waals surface area contributed by atoms with Crippen LogP contribution in [0.25, 0.3) is 6.08 Å². The number of carboxylic acid groups (broad SMARTS) is 1. The second kappa shape index (κ2) is 7.87. The number of benzene rings is 1. The number of carbonyl (C=O) groups excluding carboxylic acids is 1. The largest absolute Gasteiger partial charge is 0.483 e. The number of ether oxygens (including phenoxy) is 1. The van der Waals surface area contributed by atoms with Gasteiger partial charge >= 0.3 is 5.97 Å². The van der Waals surface area contributed by atoms with Crippen molar-refractivity contribution in [2.24, 2.45) is 0 Å². The fourth-order valence-corrected chi connectivity index (χ4v) is 1.47. The molecule has 0 saturated carbocycles. The molecule has 1 rings (SSSR count). The lowest BCUT2D eigenvalue weighted by molar-refractivity contribution is -0.131. The van der Waals surface area contributed by atoms with Crippen molar-refractivity contribution in [3.8, 4) is 18.1 Å². The Bertz CT molecular complexity index is 575. The van der Waals surface area contributed by atoms with Gasteiger partial charge in [0.15, 0.2) is 6.61 Å². The topological polar surface area (TPSA) is 75.6 Å². The fraction of sp³-hybridized carbons (Fsp3) is 0.143. The number of halogens is 1. The maximum absolute atomic E-state index is 11.3. The summed E-state index contributed by atoms with van der Waals surface area (Å²) in [6, 6.07) is 4.67. The Labute approximate surface area is 121 Å². The zero-order chi connectivity index (χ0) is 15.0. The highest BCUT2D eigenvalue weighted by molar-refractivity contribution is 6.30. The van der Waals surface area contributed by atoms with Gasteiger partial charge in [0.25, 0.3) is 5.91 Å². The number of rotatable bonds is 6. The van der Waals surface area contributed by atoms with Gasteiger partial charge in [0.05, 0.1) is 6.54 Å². The van der Waals surface area contributed by atoms with Crippen molar-refractivity contribution in [1.82, 2.24) is 5.32 Å². The molecule has 20 heavy (non-hydrogen) atoms. The van der Waals surface area contributed by atoms with Crippen LogP contribution in [-0.2, 0) is 9.59 Å². The van der Waals surface area contributed by atoms with Crippen molar-refractivity contribution >= 4 is 29.6 Å². The van der Waals surface area contributed by atoms with Crippen molar-refractivity contribution in [2.75, 3.05) is 13.2 Å². The third-order valence-electron chi connectivity index (χ3n) is 2.12. The first-order valence-corrected chi connectivity index (χ1v) is 5.94. The van der Waals surface area contributed by atoms with E-state index in [0.29, 0.717) is 16.3 Å². The van der Waals surface area contributed by atoms with Crippen LogP contribution in [0.4, 0.5) is 0 Å². The molecule has 0 atom stereocenters. The summed E-state index contributed by atoms with van der Waals surface area (Å²) in [6.07, 6.45) is 7.30. The van der Waals surface area contributed by atoms with E-state index in [0.717, 1.165) is 6.08 Å². The van der Waals surface area contributed by atoms with Crippen LogP contribution in [0.3, 0.4) is 0 Å². The zero-order valence-corrected chi connectivity index (χ0v) is 11.2. The molecule has 0 aliphatic rings. The molecular weight excluding hydrogens is 282 g/mol. The highest BCUT2D eigenvalue weighted by Gasteiger charge is 2.06. The summed E-state index contributed by atoms with van der Waals surface area (Å²) in [5.74, 6) is 1.15. The minimum atomic E-state index is -1.09. The summed E-state index contributed by atoms with van der Waals surface area (Å²) in [5.41, 5.74) is 0.463. The van der Waals surface area contributed by atoms with E-state index < -0.39 is 5.97 Å². The van der Waals surface area contributed by atoms with E-state index in [1.807, 2.05) is 0 Å². The molecule has 1 aromatic carbocycles. The van der Waals surface area contributed by atoms with Crippen molar-refractivity contribution in [1.29, 1.82) is 0 Å². The number of hydrogen-bond acceptors (Lipinski definition) is 3. The van der Waals surface area contributed by atoms with E-state index in [9.17, 15) is 9.59 Å². The number of terminal acetylenes is 1. The summed E-state index contributed by atoms with van der Waals surface area (Å²) in [6.45, 7) is -0.105. The monoisotopic (exact) mass is 293 g/mol. The van der Waals surface area contributed by atoms with Crippen molar-refractivity contribution in [3.63, 3.8) is 0 Å². The molecule has 0 aliphatic heterocycles. The lowest BCUT2D eigenvalue weighted by atomic mass is 10.2. The molecular formula is C14H12ClNO4. The second-order valence-corrected chi connectivity index (χ2v) is 4.06. The first-order valence-electron chi connectivity index (χ1n) is 5.56. The Balaban J connectivity index is 2.76. The van der Waals surface area contributed by atoms with Crippen LogP contribution in [0, 0.1) is 12.3 Å². The normalized spacial score (nSPS) is 10.0. The molecule has 0 aliphatic carbocycles. The molecule has 0 saturated heterocycles. The molecule has 0 fully saturated rings. The Morgan fingerprint density at radius 1 is 1.50 bits per heavy atom. The van der Waals surface area contributed by atoms with Gasteiger partial charge in [0.1, 0.15) is 5.75 Å². The summed E-state index contributed by atoms with van der Waals surface area (Å²) < 4.78 is 5.30. The maximum atomic E-state index is 11.3. The van der Waals surface area contributed by atoms with Gasteiger partial charge in [-0.3, -0.25) is 4.79 Å². The molecule has 0 bridgehead atoms. The lowest BCUT2D eigenvalue weighted by Crippen LogP contribution is -2.29. The van der Waals surface area contributed by atoms with Crippen LogP contribution < -0.4 is 10.1 Å². The molecule has 0 radical (unpaired) electrons. The molecule has 0 heterocycles. The van der Waals surface area contributed by atoms with Crippen LogP contribution in [0.1, 0.15) is 5.56 Å². The van der Waals surface area contributed by atoms with Gasteiger partial charge in [-0.1, -0.05) is 17.5 Å². The van der Waals surface area contributed by atoms with Crippen molar-refractivity contribution in [3.05, 3.63) is 34.9 Å². The van der Waals surface area contributed by atoms with E-state index in [-0.39, 0.29) is 19.1 Å². The van der Waals surface area contributed by atoms with Crippen LogP contribution in [-0.4, -0.2) is 30.1 Å². The lowest BCUT2D eigenvalue weighted by Gasteiger charge is -2.09. The standard InChI is InChI=1S/C14H12ClNO4/c1-2-7-16-13(17)9-20-12-5-4-11(15)8-10(12)3-6-14(18)19/h1,3-6,8H,7,9H2,(H,16,17)(H,18,19)/b6-3+. The molecule has 6 heteroatoms. The first kappa shape index (κ1) is 15.6.